The van der Waals surface area contributed by atoms with Crippen LogP contribution in [0.15, 0.2) is 60.8 Å². The van der Waals surface area contributed by atoms with Crippen molar-refractivity contribution in [3.8, 4) is 5.82 Å². The van der Waals surface area contributed by atoms with E-state index < -0.39 is 0 Å². The van der Waals surface area contributed by atoms with Gasteiger partial charge in [0.2, 0.25) is 0 Å². The van der Waals surface area contributed by atoms with Gasteiger partial charge in [0.05, 0.1) is 23.0 Å². The van der Waals surface area contributed by atoms with Crippen molar-refractivity contribution in [2.24, 2.45) is 0 Å². The van der Waals surface area contributed by atoms with Gasteiger partial charge in [-0.25, -0.2) is 9.67 Å². The lowest BCUT2D eigenvalue weighted by Gasteiger charge is -2.08. The largest absolute Gasteiger partial charge is 0.322 e. The molecule has 2 aromatic carbocycles. The standard InChI is InChI=1S/C22H20N4O/c1-14-10-15(2)12-18(11-14)24-22(27)19-13-23-26(16(19)3)21-9-8-17-6-4-5-7-20(17)25-21/h4-13H,1-3H3,(H,24,27). The minimum absolute atomic E-state index is 0.176. The first-order valence-electron chi connectivity index (χ1n) is 8.82. The maximum atomic E-state index is 12.7. The van der Waals surface area contributed by atoms with Crippen LogP contribution in [0, 0.1) is 20.8 Å². The number of fused-ring (bicyclic) bond motifs is 1. The molecule has 2 heterocycles. The van der Waals surface area contributed by atoms with E-state index in [4.69, 9.17) is 0 Å². The lowest BCUT2D eigenvalue weighted by molar-refractivity contribution is 0.102. The van der Waals surface area contributed by atoms with E-state index in [1.165, 1.54) is 0 Å². The van der Waals surface area contributed by atoms with E-state index in [9.17, 15) is 4.79 Å². The molecule has 5 heteroatoms. The molecule has 0 atom stereocenters. The molecule has 134 valence electrons. The third-order valence-corrected chi connectivity index (χ3v) is 4.53. The molecule has 0 aliphatic carbocycles. The second-order valence-electron chi connectivity index (χ2n) is 6.75. The lowest BCUT2D eigenvalue weighted by Crippen LogP contribution is -2.13. The number of carbonyl (C=O) groups is 1. The quantitative estimate of drug-likeness (QED) is 0.584. The number of aromatic nitrogens is 3. The summed E-state index contributed by atoms with van der Waals surface area (Å²) in [5.41, 5.74) is 5.18. The average Bonchev–Trinajstić information content (AvgIpc) is 3.02. The number of hydrogen-bond acceptors (Lipinski definition) is 3. The van der Waals surface area contributed by atoms with Crippen LogP contribution in [0.5, 0.6) is 0 Å². The van der Waals surface area contributed by atoms with E-state index in [2.05, 4.69) is 21.5 Å². The number of aryl methyl sites for hydroxylation is 2. The molecule has 0 bridgehead atoms. The predicted octanol–water partition coefficient (Wildman–Crippen LogP) is 4.60. The van der Waals surface area contributed by atoms with Crippen LogP contribution in [0.3, 0.4) is 0 Å². The van der Waals surface area contributed by atoms with E-state index in [-0.39, 0.29) is 5.91 Å². The molecule has 0 unspecified atom stereocenters. The van der Waals surface area contributed by atoms with E-state index in [0.717, 1.165) is 33.4 Å². The molecule has 1 amide bonds. The Morgan fingerprint density at radius 1 is 0.963 bits per heavy atom. The van der Waals surface area contributed by atoms with Crippen molar-refractivity contribution < 1.29 is 4.79 Å². The Kier molecular flexibility index (Phi) is 4.20. The number of carbonyl (C=O) groups excluding carboxylic acids is 1. The predicted molar refractivity (Wildman–Crippen MR) is 107 cm³/mol. The highest BCUT2D eigenvalue weighted by molar-refractivity contribution is 6.05. The van der Waals surface area contributed by atoms with Gasteiger partial charge in [-0.15, -0.1) is 0 Å². The summed E-state index contributed by atoms with van der Waals surface area (Å²) in [6.45, 7) is 5.90. The van der Waals surface area contributed by atoms with Crippen molar-refractivity contribution >= 4 is 22.5 Å². The van der Waals surface area contributed by atoms with Gasteiger partial charge < -0.3 is 5.32 Å². The molecule has 4 rings (SSSR count). The van der Waals surface area contributed by atoms with Gasteiger partial charge in [-0.1, -0.05) is 24.3 Å². The molecule has 1 N–H and O–H groups in total. The monoisotopic (exact) mass is 356 g/mol. The topological polar surface area (TPSA) is 59.8 Å². The molecule has 0 aliphatic heterocycles. The first-order valence-corrected chi connectivity index (χ1v) is 8.82. The fraction of sp³-hybridized carbons (Fsp3) is 0.136. The molecular weight excluding hydrogens is 336 g/mol. The molecule has 27 heavy (non-hydrogen) atoms. The van der Waals surface area contributed by atoms with Crippen LogP contribution in [-0.2, 0) is 0 Å². The Hall–Kier alpha value is -3.47. The van der Waals surface area contributed by atoms with Crippen molar-refractivity contribution in [1.82, 2.24) is 14.8 Å². The highest BCUT2D eigenvalue weighted by Crippen LogP contribution is 2.19. The van der Waals surface area contributed by atoms with E-state index in [1.807, 2.05) is 69.3 Å². The van der Waals surface area contributed by atoms with Crippen molar-refractivity contribution in [1.29, 1.82) is 0 Å². The number of pyridine rings is 1. The third kappa shape index (κ3) is 3.31. The second-order valence-corrected chi connectivity index (χ2v) is 6.75. The first-order chi connectivity index (χ1) is 13.0. The molecule has 2 aromatic heterocycles. The summed E-state index contributed by atoms with van der Waals surface area (Å²) >= 11 is 0. The zero-order valence-corrected chi connectivity index (χ0v) is 15.5. The molecule has 4 aromatic rings. The lowest BCUT2D eigenvalue weighted by atomic mass is 10.1. The van der Waals surface area contributed by atoms with Gasteiger partial charge in [0.25, 0.3) is 5.91 Å². The summed E-state index contributed by atoms with van der Waals surface area (Å²) in [5.74, 6) is 0.515. The normalized spacial score (nSPS) is 10.9. The Labute approximate surface area is 157 Å². The SMILES string of the molecule is Cc1cc(C)cc(NC(=O)c2cnn(-c3ccc4ccccc4n3)c2C)c1. The summed E-state index contributed by atoms with van der Waals surface area (Å²) in [5, 5.41) is 8.41. The van der Waals surface area contributed by atoms with Gasteiger partial charge in [-0.05, 0) is 62.2 Å². The molecule has 0 saturated carbocycles. The van der Waals surface area contributed by atoms with Crippen molar-refractivity contribution in [3.05, 3.63) is 83.2 Å². The average molecular weight is 356 g/mol. The number of benzene rings is 2. The van der Waals surface area contributed by atoms with Gasteiger partial charge in [-0.3, -0.25) is 4.79 Å². The smallest absolute Gasteiger partial charge is 0.259 e. The molecule has 0 fully saturated rings. The number of hydrogen-bond donors (Lipinski definition) is 1. The zero-order valence-electron chi connectivity index (χ0n) is 15.5. The molecule has 0 radical (unpaired) electrons. The first kappa shape index (κ1) is 17.0. The Morgan fingerprint density at radius 3 is 2.48 bits per heavy atom. The molecule has 0 aliphatic rings. The van der Waals surface area contributed by atoms with Gasteiger partial charge in [0.15, 0.2) is 5.82 Å². The highest BCUT2D eigenvalue weighted by Gasteiger charge is 2.16. The van der Waals surface area contributed by atoms with Crippen LogP contribution >= 0.6 is 0 Å². The van der Waals surface area contributed by atoms with Gasteiger partial charge in [-0.2, -0.15) is 5.10 Å². The molecule has 0 spiro atoms. The maximum absolute atomic E-state index is 12.7. The summed E-state index contributed by atoms with van der Waals surface area (Å²) in [7, 11) is 0. The van der Waals surface area contributed by atoms with Crippen LogP contribution in [0.1, 0.15) is 27.2 Å². The third-order valence-electron chi connectivity index (χ3n) is 4.53. The fourth-order valence-corrected chi connectivity index (χ4v) is 3.28. The van der Waals surface area contributed by atoms with Crippen LogP contribution in [0.25, 0.3) is 16.7 Å². The highest BCUT2D eigenvalue weighted by atomic mass is 16.1. The van der Waals surface area contributed by atoms with Crippen LogP contribution in [-0.4, -0.2) is 20.7 Å². The summed E-state index contributed by atoms with van der Waals surface area (Å²) in [4.78, 5) is 17.4. The Bertz CT molecular complexity index is 1140. The van der Waals surface area contributed by atoms with Gasteiger partial charge >= 0.3 is 0 Å². The number of para-hydroxylation sites is 1. The minimum Gasteiger partial charge on any atom is -0.322 e. The summed E-state index contributed by atoms with van der Waals surface area (Å²) in [6, 6.07) is 17.8. The summed E-state index contributed by atoms with van der Waals surface area (Å²) in [6.07, 6.45) is 1.59. The molecule has 0 saturated heterocycles. The number of nitrogens with one attached hydrogen (secondary N) is 1. The number of amides is 1. The molecule has 5 nitrogen and oxygen atoms in total. The van der Waals surface area contributed by atoms with Crippen molar-refractivity contribution in [3.63, 3.8) is 0 Å². The zero-order chi connectivity index (χ0) is 19.0. The number of anilines is 1. The minimum atomic E-state index is -0.176. The Morgan fingerprint density at radius 2 is 1.70 bits per heavy atom. The fourth-order valence-electron chi connectivity index (χ4n) is 3.28. The maximum Gasteiger partial charge on any atom is 0.259 e. The van der Waals surface area contributed by atoms with Crippen LogP contribution in [0.4, 0.5) is 5.69 Å². The number of rotatable bonds is 3. The molecular formula is C22H20N4O. The second kappa shape index (κ2) is 6.68. The summed E-state index contributed by atoms with van der Waals surface area (Å²) < 4.78 is 1.70. The van der Waals surface area contributed by atoms with E-state index in [0.29, 0.717) is 11.4 Å². The van der Waals surface area contributed by atoms with Crippen molar-refractivity contribution in [2.75, 3.05) is 5.32 Å². The van der Waals surface area contributed by atoms with Gasteiger partial charge in [0.1, 0.15) is 0 Å². The van der Waals surface area contributed by atoms with Gasteiger partial charge in [0, 0.05) is 11.1 Å². The van der Waals surface area contributed by atoms with E-state index >= 15 is 0 Å². The van der Waals surface area contributed by atoms with Crippen LogP contribution in [0.2, 0.25) is 0 Å². The van der Waals surface area contributed by atoms with Crippen LogP contribution < -0.4 is 5.32 Å². The number of nitrogens with zero attached hydrogens (tertiary/aromatic N) is 3. The Balaban J connectivity index is 1.65. The van der Waals surface area contributed by atoms with E-state index in [1.54, 1.807) is 10.9 Å². The van der Waals surface area contributed by atoms with Crippen molar-refractivity contribution in [2.45, 2.75) is 20.8 Å².